The molecule has 0 aliphatic carbocycles. The molecule has 1 aromatic carbocycles. The van der Waals surface area contributed by atoms with E-state index in [1.165, 1.54) is 0 Å². The lowest BCUT2D eigenvalue weighted by Gasteiger charge is -2.43. The Kier molecular flexibility index (Phi) is 3.40. The molecule has 0 bridgehead atoms. The van der Waals surface area contributed by atoms with Crippen LogP contribution in [0, 0.1) is 0 Å². The molecular formula is C14H18N2O3. The van der Waals surface area contributed by atoms with Gasteiger partial charge in [0.1, 0.15) is 5.75 Å². The van der Waals surface area contributed by atoms with Gasteiger partial charge >= 0.3 is 0 Å². The summed E-state index contributed by atoms with van der Waals surface area (Å²) < 4.78 is 5.60. The second kappa shape index (κ2) is 5.19. The van der Waals surface area contributed by atoms with Gasteiger partial charge in [0.25, 0.3) is 0 Å². The minimum atomic E-state index is -0.594. The second-order valence-electron chi connectivity index (χ2n) is 5.01. The fraction of sp³-hybridized carbons (Fsp3) is 0.500. The molecule has 0 saturated carbocycles. The fourth-order valence-corrected chi connectivity index (χ4v) is 2.96. The fourth-order valence-electron chi connectivity index (χ4n) is 2.96. The standard InChI is InChI=1S/C14H18N2O3/c17-8-13-16(11-4-6-15-7-5-11)14-10(9-19-13)2-1-3-12(14)18/h1-3,8,11,13,15,18H,4-7,9H2. The van der Waals surface area contributed by atoms with E-state index in [-0.39, 0.29) is 11.8 Å². The van der Waals surface area contributed by atoms with Crippen molar-refractivity contribution in [2.75, 3.05) is 18.0 Å². The van der Waals surface area contributed by atoms with E-state index in [9.17, 15) is 9.90 Å². The zero-order valence-electron chi connectivity index (χ0n) is 10.7. The zero-order valence-corrected chi connectivity index (χ0v) is 10.7. The van der Waals surface area contributed by atoms with Gasteiger partial charge in [0.2, 0.25) is 0 Å². The third-order valence-electron chi connectivity index (χ3n) is 3.86. The number of anilines is 1. The number of nitrogens with zero attached hydrogens (tertiary/aromatic N) is 1. The maximum Gasteiger partial charge on any atom is 0.187 e. The molecule has 3 rings (SSSR count). The maximum absolute atomic E-state index is 11.3. The van der Waals surface area contributed by atoms with Gasteiger partial charge in [-0.1, -0.05) is 12.1 Å². The number of aldehydes is 1. The van der Waals surface area contributed by atoms with Crippen LogP contribution in [0.1, 0.15) is 18.4 Å². The Morgan fingerprint density at radius 2 is 2.16 bits per heavy atom. The monoisotopic (exact) mass is 262 g/mol. The van der Waals surface area contributed by atoms with Crippen LogP contribution in [-0.4, -0.2) is 36.8 Å². The summed E-state index contributed by atoms with van der Waals surface area (Å²) in [6.45, 7) is 2.22. The Hall–Kier alpha value is -1.59. The quantitative estimate of drug-likeness (QED) is 0.779. The van der Waals surface area contributed by atoms with E-state index >= 15 is 0 Å². The van der Waals surface area contributed by atoms with Crippen LogP contribution in [0.4, 0.5) is 5.69 Å². The molecule has 1 atom stereocenters. The van der Waals surface area contributed by atoms with Crippen LogP contribution < -0.4 is 10.2 Å². The van der Waals surface area contributed by atoms with Gasteiger partial charge < -0.3 is 20.1 Å². The van der Waals surface area contributed by atoms with Gasteiger partial charge in [-0.15, -0.1) is 0 Å². The van der Waals surface area contributed by atoms with Gasteiger partial charge in [-0.05, 0) is 32.0 Å². The summed E-state index contributed by atoms with van der Waals surface area (Å²) in [6, 6.07) is 5.63. The van der Waals surface area contributed by atoms with Gasteiger partial charge in [-0.25, -0.2) is 0 Å². The Morgan fingerprint density at radius 1 is 1.37 bits per heavy atom. The average Bonchev–Trinajstić information content (AvgIpc) is 2.47. The van der Waals surface area contributed by atoms with Crippen LogP contribution in [0.25, 0.3) is 0 Å². The van der Waals surface area contributed by atoms with E-state index in [1.807, 2.05) is 11.0 Å². The van der Waals surface area contributed by atoms with Crippen molar-refractivity contribution in [1.82, 2.24) is 5.32 Å². The first-order valence-corrected chi connectivity index (χ1v) is 6.68. The molecular weight excluding hydrogens is 244 g/mol. The first kappa shape index (κ1) is 12.4. The number of phenols is 1. The first-order chi connectivity index (χ1) is 9.31. The van der Waals surface area contributed by atoms with Gasteiger partial charge in [-0.3, -0.25) is 4.79 Å². The number of phenolic OH excluding ortho intramolecular Hbond substituents is 1. The molecule has 2 aliphatic heterocycles. The first-order valence-electron chi connectivity index (χ1n) is 6.68. The maximum atomic E-state index is 11.3. The number of nitrogens with one attached hydrogen (secondary N) is 1. The average molecular weight is 262 g/mol. The Morgan fingerprint density at radius 3 is 2.89 bits per heavy atom. The summed E-state index contributed by atoms with van der Waals surface area (Å²) in [5.41, 5.74) is 1.70. The van der Waals surface area contributed by atoms with Crippen molar-refractivity contribution in [1.29, 1.82) is 0 Å². The molecule has 1 unspecified atom stereocenters. The van der Waals surface area contributed by atoms with Gasteiger partial charge in [0.05, 0.1) is 12.3 Å². The summed E-state index contributed by atoms with van der Waals surface area (Å²) >= 11 is 0. The lowest BCUT2D eigenvalue weighted by Crippen LogP contribution is -2.52. The number of ether oxygens (including phenoxy) is 1. The van der Waals surface area contributed by atoms with Crippen LogP contribution >= 0.6 is 0 Å². The Bertz CT molecular complexity index is 472. The number of rotatable bonds is 2. The molecule has 19 heavy (non-hydrogen) atoms. The third-order valence-corrected chi connectivity index (χ3v) is 3.86. The van der Waals surface area contributed by atoms with Crippen LogP contribution in [0.15, 0.2) is 18.2 Å². The number of para-hydroxylation sites is 1. The molecule has 0 amide bonds. The third kappa shape index (κ3) is 2.19. The number of carbonyl (C=O) groups is 1. The molecule has 1 fully saturated rings. The summed E-state index contributed by atoms with van der Waals surface area (Å²) in [6.07, 6.45) is 2.12. The number of hydrogen-bond acceptors (Lipinski definition) is 5. The predicted octanol–water partition coefficient (Wildman–Crippen LogP) is 1.01. The highest BCUT2D eigenvalue weighted by Crippen LogP contribution is 2.39. The molecule has 2 heterocycles. The summed E-state index contributed by atoms with van der Waals surface area (Å²) in [5.74, 6) is 0.228. The SMILES string of the molecule is O=CC1OCc2cccc(O)c2N1C1CCNCC1. The molecule has 1 aromatic rings. The van der Waals surface area contributed by atoms with Crippen molar-refractivity contribution < 1.29 is 14.6 Å². The normalized spacial score (nSPS) is 24.0. The summed E-state index contributed by atoms with van der Waals surface area (Å²) in [7, 11) is 0. The Balaban J connectivity index is 2.01. The number of hydrogen-bond donors (Lipinski definition) is 2. The number of fused-ring (bicyclic) bond motifs is 1. The van der Waals surface area contributed by atoms with E-state index in [0.717, 1.165) is 43.5 Å². The van der Waals surface area contributed by atoms with Crippen LogP contribution in [-0.2, 0) is 16.1 Å². The molecule has 102 valence electrons. The zero-order chi connectivity index (χ0) is 13.2. The van der Waals surface area contributed by atoms with Gasteiger partial charge in [-0.2, -0.15) is 0 Å². The van der Waals surface area contributed by atoms with E-state index in [0.29, 0.717) is 6.61 Å². The van der Waals surface area contributed by atoms with E-state index in [4.69, 9.17) is 4.74 Å². The van der Waals surface area contributed by atoms with Crippen molar-refractivity contribution in [3.63, 3.8) is 0 Å². The van der Waals surface area contributed by atoms with Crippen molar-refractivity contribution in [2.24, 2.45) is 0 Å². The van der Waals surface area contributed by atoms with E-state index in [1.54, 1.807) is 12.1 Å². The highest BCUT2D eigenvalue weighted by atomic mass is 16.5. The van der Waals surface area contributed by atoms with Crippen LogP contribution in [0.3, 0.4) is 0 Å². The molecule has 2 N–H and O–H groups in total. The minimum absolute atomic E-state index is 0.226. The number of benzene rings is 1. The smallest absolute Gasteiger partial charge is 0.187 e. The van der Waals surface area contributed by atoms with E-state index in [2.05, 4.69) is 5.32 Å². The lowest BCUT2D eigenvalue weighted by molar-refractivity contribution is -0.120. The second-order valence-corrected chi connectivity index (χ2v) is 5.01. The number of piperidine rings is 1. The predicted molar refractivity (Wildman–Crippen MR) is 71.1 cm³/mol. The van der Waals surface area contributed by atoms with Crippen molar-refractivity contribution in [2.45, 2.75) is 31.7 Å². The van der Waals surface area contributed by atoms with E-state index < -0.39 is 6.23 Å². The molecule has 0 aromatic heterocycles. The van der Waals surface area contributed by atoms with Gasteiger partial charge in [0.15, 0.2) is 12.5 Å². The topological polar surface area (TPSA) is 61.8 Å². The van der Waals surface area contributed by atoms with Crippen LogP contribution in [0.5, 0.6) is 5.75 Å². The molecule has 5 nitrogen and oxygen atoms in total. The largest absolute Gasteiger partial charge is 0.506 e. The van der Waals surface area contributed by atoms with Crippen LogP contribution in [0.2, 0.25) is 0 Å². The van der Waals surface area contributed by atoms with Gasteiger partial charge in [0, 0.05) is 11.6 Å². The highest BCUT2D eigenvalue weighted by Gasteiger charge is 2.34. The molecule has 0 radical (unpaired) electrons. The molecule has 0 spiro atoms. The summed E-state index contributed by atoms with van der Waals surface area (Å²) in [5, 5.41) is 13.4. The summed E-state index contributed by atoms with van der Waals surface area (Å²) in [4.78, 5) is 13.2. The number of carbonyl (C=O) groups excluding carboxylic acids is 1. The molecule has 1 saturated heterocycles. The number of aromatic hydroxyl groups is 1. The minimum Gasteiger partial charge on any atom is -0.506 e. The molecule has 5 heteroatoms. The lowest BCUT2D eigenvalue weighted by atomic mass is 10.0. The molecule has 2 aliphatic rings. The Labute approximate surface area is 112 Å². The van der Waals surface area contributed by atoms with Crippen molar-refractivity contribution >= 4 is 12.0 Å². The van der Waals surface area contributed by atoms with Crippen molar-refractivity contribution in [3.05, 3.63) is 23.8 Å². The highest BCUT2D eigenvalue weighted by molar-refractivity contribution is 5.72. The van der Waals surface area contributed by atoms with Crippen molar-refractivity contribution in [3.8, 4) is 5.75 Å².